The van der Waals surface area contributed by atoms with E-state index in [0.29, 0.717) is 35.2 Å². The van der Waals surface area contributed by atoms with Crippen LogP contribution in [-0.2, 0) is 9.53 Å². The van der Waals surface area contributed by atoms with Crippen molar-refractivity contribution in [3.63, 3.8) is 0 Å². The van der Waals surface area contributed by atoms with E-state index in [0.717, 1.165) is 0 Å². The van der Waals surface area contributed by atoms with Gasteiger partial charge in [-0.15, -0.1) is 0 Å². The molecule has 8 nitrogen and oxygen atoms in total. The SMILES string of the molecule is C[C@@H]1CCC[C@H](NC(=O)OC(C)(C)C)c2cc(ccn2)-c2c(cnn2C(F)F)NC1=O. The predicted octanol–water partition coefficient (Wildman–Crippen LogP) is 4.66. The Kier molecular flexibility index (Phi) is 6.56. The van der Waals surface area contributed by atoms with Crippen molar-refractivity contribution in [3.05, 3.63) is 30.2 Å². The largest absolute Gasteiger partial charge is 0.444 e. The fraction of sp³-hybridized carbons (Fsp3) is 0.524. The molecule has 1 aliphatic rings. The Morgan fingerprint density at radius 2 is 2.10 bits per heavy atom. The summed E-state index contributed by atoms with van der Waals surface area (Å²) in [6.07, 6.45) is 3.81. The van der Waals surface area contributed by atoms with E-state index in [2.05, 4.69) is 20.7 Å². The first-order valence-electron chi connectivity index (χ1n) is 10.2. The van der Waals surface area contributed by atoms with E-state index in [-0.39, 0.29) is 23.2 Å². The zero-order valence-corrected chi connectivity index (χ0v) is 18.0. The first-order chi connectivity index (χ1) is 14.5. The number of anilines is 1. The molecule has 2 aromatic heterocycles. The molecule has 0 fully saturated rings. The molecule has 2 amide bonds. The summed E-state index contributed by atoms with van der Waals surface area (Å²) in [5.41, 5.74) is 0.524. The monoisotopic (exact) mass is 435 g/mol. The average molecular weight is 435 g/mol. The van der Waals surface area contributed by atoms with Gasteiger partial charge in [0.05, 0.1) is 29.3 Å². The molecule has 10 heteroatoms. The van der Waals surface area contributed by atoms with Crippen molar-refractivity contribution in [1.29, 1.82) is 0 Å². The van der Waals surface area contributed by atoms with E-state index in [4.69, 9.17) is 4.74 Å². The van der Waals surface area contributed by atoms with Crippen molar-refractivity contribution in [1.82, 2.24) is 20.1 Å². The number of pyridine rings is 1. The highest BCUT2D eigenvalue weighted by Gasteiger charge is 2.26. The lowest BCUT2D eigenvalue weighted by atomic mass is 9.97. The minimum absolute atomic E-state index is 0.0794. The topological polar surface area (TPSA) is 98.1 Å². The zero-order valence-electron chi connectivity index (χ0n) is 18.0. The maximum absolute atomic E-state index is 13.6. The number of aromatic nitrogens is 3. The molecule has 1 aliphatic heterocycles. The van der Waals surface area contributed by atoms with E-state index >= 15 is 0 Å². The number of ether oxygens (including phenoxy) is 1. The molecule has 2 atom stereocenters. The molecule has 0 unspecified atom stereocenters. The first kappa shape index (κ1) is 22.6. The summed E-state index contributed by atoms with van der Waals surface area (Å²) in [5.74, 6) is -0.628. The minimum atomic E-state index is -2.89. The fourth-order valence-electron chi connectivity index (χ4n) is 3.43. The van der Waals surface area contributed by atoms with Crippen molar-refractivity contribution in [3.8, 4) is 11.3 Å². The van der Waals surface area contributed by atoms with Gasteiger partial charge in [-0.05, 0) is 45.7 Å². The van der Waals surface area contributed by atoms with Gasteiger partial charge in [0, 0.05) is 17.7 Å². The predicted molar refractivity (Wildman–Crippen MR) is 110 cm³/mol. The molecule has 31 heavy (non-hydrogen) atoms. The molecule has 2 N–H and O–H groups in total. The van der Waals surface area contributed by atoms with Gasteiger partial charge in [0.2, 0.25) is 5.91 Å². The van der Waals surface area contributed by atoms with Crippen molar-refractivity contribution >= 4 is 17.7 Å². The van der Waals surface area contributed by atoms with Crippen LogP contribution in [0.4, 0.5) is 19.3 Å². The first-order valence-corrected chi connectivity index (χ1v) is 10.2. The van der Waals surface area contributed by atoms with Crippen LogP contribution in [-0.4, -0.2) is 32.4 Å². The smallest absolute Gasteiger partial charge is 0.408 e. The number of rotatable bonds is 2. The molecule has 2 aromatic rings. The molecule has 2 bridgehead atoms. The second kappa shape index (κ2) is 8.99. The third-order valence-corrected chi connectivity index (χ3v) is 4.92. The van der Waals surface area contributed by atoms with Gasteiger partial charge in [0.25, 0.3) is 0 Å². The highest BCUT2D eigenvalue weighted by atomic mass is 19.3. The highest BCUT2D eigenvalue weighted by Crippen LogP contribution is 2.34. The second-order valence-electron chi connectivity index (χ2n) is 8.62. The molecule has 0 radical (unpaired) electrons. The molecular formula is C21H27F2N5O3. The Hall–Kier alpha value is -3.04. The van der Waals surface area contributed by atoms with Crippen LogP contribution in [0.15, 0.2) is 24.5 Å². The number of halogens is 2. The van der Waals surface area contributed by atoms with E-state index in [1.165, 1.54) is 12.4 Å². The van der Waals surface area contributed by atoms with Crippen molar-refractivity contribution < 1.29 is 23.1 Å². The zero-order chi connectivity index (χ0) is 22.8. The quantitative estimate of drug-likeness (QED) is 0.715. The number of hydrogen-bond donors (Lipinski definition) is 2. The van der Waals surface area contributed by atoms with Crippen molar-refractivity contribution in [2.24, 2.45) is 5.92 Å². The van der Waals surface area contributed by atoms with Gasteiger partial charge in [0.1, 0.15) is 5.60 Å². The average Bonchev–Trinajstić information content (AvgIpc) is 3.08. The maximum Gasteiger partial charge on any atom is 0.408 e. The van der Waals surface area contributed by atoms with Gasteiger partial charge < -0.3 is 15.4 Å². The van der Waals surface area contributed by atoms with E-state index < -0.39 is 24.3 Å². The molecule has 0 saturated heterocycles. The second-order valence-corrected chi connectivity index (χ2v) is 8.62. The molecule has 3 heterocycles. The Morgan fingerprint density at radius 3 is 2.77 bits per heavy atom. The molecule has 0 saturated carbocycles. The molecule has 3 rings (SSSR count). The van der Waals surface area contributed by atoms with Gasteiger partial charge in [-0.3, -0.25) is 9.78 Å². The van der Waals surface area contributed by atoms with Gasteiger partial charge >= 0.3 is 12.6 Å². The number of alkyl carbamates (subject to hydrolysis) is 1. The number of alkyl halides is 2. The van der Waals surface area contributed by atoms with Crippen LogP contribution >= 0.6 is 0 Å². The van der Waals surface area contributed by atoms with Crippen molar-refractivity contribution in [2.45, 2.75) is 65.1 Å². The summed E-state index contributed by atoms with van der Waals surface area (Å²) in [4.78, 5) is 29.3. The van der Waals surface area contributed by atoms with Crippen LogP contribution in [0.1, 0.15) is 65.2 Å². The summed E-state index contributed by atoms with van der Waals surface area (Å²) in [6, 6.07) is 2.68. The Balaban J connectivity index is 2.04. The Labute approximate surface area is 179 Å². The van der Waals surface area contributed by atoms with Crippen LogP contribution < -0.4 is 10.6 Å². The lowest BCUT2D eigenvalue weighted by Crippen LogP contribution is -2.35. The van der Waals surface area contributed by atoms with Gasteiger partial charge in [-0.2, -0.15) is 13.9 Å². The summed E-state index contributed by atoms with van der Waals surface area (Å²) >= 11 is 0. The number of carbonyl (C=O) groups excluding carboxylic acids is 2. The third-order valence-electron chi connectivity index (χ3n) is 4.92. The Morgan fingerprint density at radius 1 is 1.35 bits per heavy atom. The Bertz CT molecular complexity index is 955. The summed E-state index contributed by atoms with van der Waals surface area (Å²) in [6.45, 7) is 4.17. The van der Waals surface area contributed by atoms with Crippen LogP contribution in [0.5, 0.6) is 0 Å². The number of fused-ring (bicyclic) bond motifs is 4. The molecular weight excluding hydrogens is 408 g/mol. The minimum Gasteiger partial charge on any atom is -0.444 e. The molecule has 168 valence electrons. The van der Waals surface area contributed by atoms with E-state index in [1.54, 1.807) is 39.8 Å². The number of hydrogen-bond acceptors (Lipinski definition) is 5. The molecule has 0 aliphatic carbocycles. The normalized spacial score (nSPS) is 19.6. The fourth-order valence-corrected chi connectivity index (χ4v) is 3.43. The highest BCUT2D eigenvalue weighted by molar-refractivity contribution is 5.95. The lowest BCUT2D eigenvalue weighted by molar-refractivity contribution is -0.119. The third kappa shape index (κ3) is 5.56. The lowest BCUT2D eigenvalue weighted by Gasteiger charge is -2.24. The van der Waals surface area contributed by atoms with Gasteiger partial charge in [-0.1, -0.05) is 13.3 Å². The van der Waals surface area contributed by atoms with Crippen molar-refractivity contribution in [2.75, 3.05) is 5.32 Å². The van der Waals surface area contributed by atoms with Gasteiger partial charge in [0.15, 0.2) is 0 Å². The number of nitrogens with zero attached hydrogens (tertiary/aromatic N) is 3. The van der Waals surface area contributed by atoms with E-state index in [1.807, 2.05) is 0 Å². The van der Waals surface area contributed by atoms with Crippen LogP contribution in [0, 0.1) is 5.92 Å². The van der Waals surface area contributed by atoms with Crippen LogP contribution in [0.2, 0.25) is 0 Å². The summed E-state index contributed by atoms with van der Waals surface area (Å²) in [5, 5.41) is 9.29. The molecule has 0 aromatic carbocycles. The van der Waals surface area contributed by atoms with Crippen LogP contribution in [0.3, 0.4) is 0 Å². The molecule has 0 spiro atoms. The number of carbonyl (C=O) groups is 2. The van der Waals surface area contributed by atoms with E-state index in [9.17, 15) is 18.4 Å². The number of amides is 2. The summed E-state index contributed by atoms with van der Waals surface area (Å²) in [7, 11) is 0. The maximum atomic E-state index is 13.6. The summed E-state index contributed by atoms with van der Waals surface area (Å²) < 4.78 is 33.1. The van der Waals surface area contributed by atoms with Crippen LogP contribution in [0.25, 0.3) is 11.3 Å². The number of nitrogens with one attached hydrogen (secondary N) is 2. The van der Waals surface area contributed by atoms with Gasteiger partial charge in [-0.25, -0.2) is 9.48 Å². The standard InChI is InChI=1S/C21H27F2N5O3/c1-12-6-5-7-14(27-20(30)31-21(2,3)4)15-10-13(8-9-24-15)17-16(26-18(12)29)11-25-28(17)19(22)23/h8-12,14,19H,5-7H2,1-4H3,(H,26,29)(H,27,30)/t12-,14+/m1/s1.